The van der Waals surface area contributed by atoms with Crippen LogP contribution in [0.25, 0.3) is 0 Å². The first-order valence-corrected chi connectivity index (χ1v) is 5.57. The summed E-state index contributed by atoms with van der Waals surface area (Å²) in [6.45, 7) is 4.45. The Morgan fingerprint density at radius 2 is 2.27 bits per heavy atom. The van der Waals surface area contributed by atoms with Crippen LogP contribution in [0.2, 0.25) is 0 Å². The maximum Gasteiger partial charge on any atom is 0.234 e. The molecule has 0 radical (unpaired) electrons. The molecule has 0 saturated heterocycles. The number of primary amides is 1. The Kier molecular flexibility index (Phi) is 4.29. The van der Waals surface area contributed by atoms with Crippen molar-refractivity contribution in [3.63, 3.8) is 0 Å². The summed E-state index contributed by atoms with van der Waals surface area (Å²) >= 11 is 3.41. The third-order valence-corrected chi connectivity index (χ3v) is 2.82. The molecule has 0 spiro atoms. The summed E-state index contributed by atoms with van der Waals surface area (Å²) in [5, 5.41) is 3.07. The highest BCUT2D eigenvalue weighted by Crippen LogP contribution is 2.15. The maximum absolute atomic E-state index is 10.8. The zero-order chi connectivity index (χ0) is 11.4. The van der Waals surface area contributed by atoms with Crippen LogP contribution in [0.3, 0.4) is 0 Å². The van der Waals surface area contributed by atoms with Gasteiger partial charge in [-0.3, -0.25) is 4.79 Å². The van der Waals surface area contributed by atoms with Gasteiger partial charge in [0.15, 0.2) is 0 Å². The third-order valence-electron chi connectivity index (χ3n) is 2.33. The molecule has 82 valence electrons. The average molecular weight is 271 g/mol. The number of nitrogens with two attached hydrogens (primary N) is 1. The van der Waals surface area contributed by atoms with Crippen molar-refractivity contribution in [1.29, 1.82) is 0 Å². The molecule has 1 aromatic rings. The molecule has 1 aromatic carbocycles. The first kappa shape index (κ1) is 12.2. The Morgan fingerprint density at radius 3 is 2.80 bits per heavy atom. The summed E-state index contributed by atoms with van der Waals surface area (Å²) in [4.78, 5) is 10.8. The molecule has 15 heavy (non-hydrogen) atoms. The van der Waals surface area contributed by atoms with E-state index in [4.69, 9.17) is 5.73 Å². The molecule has 1 rings (SSSR count). The van der Waals surface area contributed by atoms with Gasteiger partial charge in [-0.15, -0.1) is 0 Å². The van der Waals surface area contributed by atoms with Crippen LogP contribution in [0.5, 0.6) is 0 Å². The van der Waals surface area contributed by atoms with Crippen molar-refractivity contribution >= 4 is 21.8 Å². The van der Waals surface area contributed by atoms with Gasteiger partial charge in [-0.25, -0.2) is 0 Å². The molecular weight excluding hydrogens is 256 g/mol. The fraction of sp³-hybridized carbons (Fsp3) is 0.364. The van der Waals surface area contributed by atoms with Crippen molar-refractivity contribution in [2.24, 2.45) is 5.73 Å². The topological polar surface area (TPSA) is 55.1 Å². The normalized spacial score (nSPS) is 12.5. The van der Waals surface area contributed by atoms with Gasteiger partial charge in [0.2, 0.25) is 5.91 Å². The first-order chi connectivity index (χ1) is 7.00. The van der Waals surface area contributed by atoms with Gasteiger partial charge < -0.3 is 11.1 Å². The summed E-state index contributed by atoms with van der Waals surface area (Å²) in [6, 6.07) is 5.76. The quantitative estimate of drug-likeness (QED) is 0.876. The second-order valence-corrected chi connectivity index (χ2v) is 4.49. The second-order valence-electron chi connectivity index (χ2n) is 3.58. The number of carbonyl (C=O) groups is 1. The van der Waals surface area contributed by atoms with Gasteiger partial charge >= 0.3 is 0 Å². The standard InChI is InChI=1S/C11H15BrN2O/c1-7-5-10(12)4-3-9(7)6-14-8(2)11(13)15/h3-5,8,14H,6H2,1-2H3,(H2,13,15). The number of aryl methyl sites for hydroxylation is 1. The monoisotopic (exact) mass is 270 g/mol. The minimum absolute atomic E-state index is 0.298. The van der Waals surface area contributed by atoms with E-state index in [1.54, 1.807) is 6.92 Å². The van der Waals surface area contributed by atoms with E-state index in [2.05, 4.69) is 21.2 Å². The summed E-state index contributed by atoms with van der Waals surface area (Å²) in [5.74, 6) is -0.329. The van der Waals surface area contributed by atoms with E-state index < -0.39 is 0 Å². The number of rotatable bonds is 4. The fourth-order valence-corrected chi connectivity index (χ4v) is 1.70. The van der Waals surface area contributed by atoms with Gasteiger partial charge in [-0.2, -0.15) is 0 Å². The predicted molar refractivity (Wildman–Crippen MR) is 64.4 cm³/mol. The van der Waals surface area contributed by atoms with Gasteiger partial charge in [0.25, 0.3) is 0 Å². The smallest absolute Gasteiger partial charge is 0.234 e. The van der Waals surface area contributed by atoms with Crippen molar-refractivity contribution in [3.05, 3.63) is 33.8 Å². The average Bonchev–Trinajstić information content (AvgIpc) is 2.15. The summed E-state index contributed by atoms with van der Waals surface area (Å²) in [5.41, 5.74) is 7.51. The maximum atomic E-state index is 10.8. The summed E-state index contributed by atoms with van der Waals surface area (Å²) < 4.78 is 1.06. The SMILES string of the molecule is Cc1cc(Br)ccc1CNC(C)C(N)=O. The fourth-order valence-electron chi connectivity index (χ4n) is 1.22. The molecule has 0 heterocycles. The van der Waals surface area contributed by atoms with Crippen LogP contribution in [0.4, 0.5) is 0 Å². The lowest BCUT2D eigenvalue weighted by atomic mass is 10.1. The molecule has 3 nitrogen and oxygen atoms in total. The lowest BCUT2D eigenvalue weighted by Crippen LogP contribution is -2.38. The van der Waals surface area contributed by atoms with Crippen LogP contribution in [-0.4, -0.2) is 11.9 Å². The second kappa shape index (κ2) is 5.28. The Morgan fingerprint density at radius 1 is 1.60 bits per heavy atom. The van der Waals surface area contributed by atoms with Gasteiger partial charge in [0.1, 0.15) is 0 Å². The minimum atomic E-state index is -0.329. The first-order valence-electron chi connectivity index (χ1n) is 4.78. The Balaban J connectivity index is 2.62. The van der Waals surface area contributed by atoms with Crippen LogP contribution in [0.15, 0.2) is 22.7 Å². The van der Waals surface area contributed by atoms with E-state index in [1.807, 2.05) is 25.1 Å². The summed E-state index contributed by atoms with van der Waals surface area (Å²) in [6.07, 6.45) is 0. The minimum Gasteiger partial charge on any atom is -0.368 e. The lowest BCUT2D eigenvalue weighted by molar-refractivity contribution is -0.119. The van der Waals surface area contributed by atoms with E-state index in [9.17, 15) is 4.79 Å². The highest BCUT2D eigenvalue weighted by Gasteiger charge is 2.07. The zero-order valence-electron chi connectivity index (χ0n) is 8.88. The van der Waals surface area contributed by atoms with Crippen LogP contribution >= 0.6 is 15.9 Å². The molecular formula is C11H15BrN2O. The van der Waals surface area contributed by atoms with E-state index in [1.165, 1.54) is 11.1 Å². The molecule has 1 unspecified atom stereocenters. The molecule has 0 saturated carbocycles. The van der Waals surface area contributed by atoms with Crippen molar-refractivity contribution in [1.82, 2.24) is 5.32 Å². The number of hydrogen-bond acceptors (Lipinski definition) is 2. The number of amides is 1. The predicted octanol–water partition coefficient (Wildman–Crippen LogP) is 1.72. The van der Waals surface area contributed by atoms with E-state index in [0.717, 1.165) is 4.47 Å². The number of benzene rings is 1. The Hall–Kier alpha value is -0.870. The molecule has 0 aliphatic rings. The van der Waals surface area contributed by atoms with E-state index in [0.29, 0.717) is 6.54 Å². The lowest BCUT2D eigenvalue weighted by Gasteiger charge is -2.11. The van der Waals surface area contributed by atoms with Crippen molar-refractivity contribution in [2.45, 2.75) is 26.4 Å². The highest BCUT2D eigenvalue weighted by atomic mass is 79.9. The molecule has 0 aliphatic heterocycles. The van der Waals surface area contributed by atoms with Gasteiger partial charge in [-0.1, -0.05) is 22.0 Å². The largest absolute Gasteiger partial charge is 0.368 e. The van der Waals surface area contributed by atoms with Gasteiger partial charge in [0, 0.05) is 11.0 Å². The van der Waals surface area contributed by atoms with E-state index in [-0.39, 0.29) is 11.9 Å². The highest BCUT2D eigenvalue weighted by molar-refractivity contribution is 9.10. The Labute approximate surface area is 98.2 Å². The molecule has 1 amide bonds. The third kappa shape index (κ3) is 3.64. The van der Waals surface area contributed by atoms with Crippen molar-refractivity contribution in [3.8, 4) is 0 Å². The molecule has 0 aromatic heterocycles. The zero-order valence-corrected chi connectivity index (χ0v) is 10.5. The van der Waals surface area contributed by atoms with Crippen LogP contribution in [0.1, 0.15) is 18.1 Å². The molecule has 0 aliphatic carbocycles. The van der Waals surface area contributed by atoms with Gasteiger partial charge in [0.05, 0.1) is 6.04 Å². The van der Waals surface area contributed by atoms with Crippen molar-refractivity contribution in [2.75, 3.05) is 0 Å². The molecule has 0 fully saturated rings. The van der Waals surface area contributed by atoms with Crippen LogP contribution < -0.4 is 11.1 Å². The number of nitrogens with one attached hydrogen (secondary N) is 1. The van der Waals surface area contributed by atoms with Crippen LogP contribution in [-0.2, 0) is 11.3 Å². The van der Waals surface area contributed by atoms with E-state index >= 15 is 0 Å². The molecule has 3 N–H and O–H groups in total. The number of halogens is 1. The van der Waals surface area contributed by atoms with Crippen LogP contribution in [0, 0.1) is 6.92 Å². The molecule has 1 atom stereocenters. The summed E-state index contributed by atoms with van der Waals surface area (Å²) in [7, 11) is 0. The molecule has 0 bridgehead atoms. The Bertz CT molecular complexity index is 366. The van der Waals surface area contributed by atoms with Gasteiger partial charge in [-0.05, 0) is 37.1 Å². The van der Waals surface area contributed by atoms with Crippen molar-refractivity contribution < 1.29 is 4.79 Å². The number of carbonyl (C=O) groups excluding carboxylic acids is 1. The molecule has 4 heteroatoms. The number of hydrogen-bond donors (Lipinski definition) is 2.